The maximum absolute atomic E-state index is 12.8. The average Bonchev–Trinajstić information content (AvgIpc) is 2.78. The van der Waals surface area contributed by atoms with Gasteiger partial charge < -0.3 is 15.4 Å². The molecule has 3 aliphatic carbocycles. The third-order valence-corrected chi connectivity index (χ3v) is 8.05. The fourth-order valence-corrected chi connectivity index (χ4v) is 5.72. The number of pyridine rings is 1. The average molecular weight is 488 g/mol. The summed E-state index contributed by atoms with van der Waals surface area (Å²) in [5.41, 5.74) is 1.24. The Bertz CT molecular complexity index is 1120. The minimum Gasteiger partial charge on any atom is -0.489 e. The summed E-state index contributed by atoms with van der Waals surface area (Å²) >= 11 is 6.40. The van der Waals surface area contributed by atoms with Gasteiger partial charge in [0.2, 0.25) is 5.91 Å². The van der Waals surface area contributed by atoms with Gasteiger partial charge in [-0.2, -0.15) is 5.10 Å². The van der Waals surface area contributed by atoms with Crippen LogP contribution in [0.5, 0.6) is 5.75 Å². The van der Waals surface area contributed by atoms with Crippen LogP contribution in [0.25, 0.3) is 0 Å². The molecule has 2 bridgehead atoms. The summed E-state index contributed by atoms with van der Waals surface area (Å²) in [4.78, 5) is 29.4. The van der Waals surface area contributed by atoms with Gasteiger partial charge >= 0.3 is 0 Å². The van der Waals surface area contributed by atoms with Crippen LogP contribution in [0.3, 0.4) is 0 Å². The maximum atomic E-state index is 12.8. The Morgan fingerprint density at radius 1 is 1.32 bits per heavy atom. The lowest BCUT2D eigenvalue weighted by Crippen LogP contribution is -2.58. The van der Waals surface area contributed by atoms with E-state index in [0.717, 1.165) is 16.7 Å². The summed E-state index contributed by atoms with van der Waals surface area (Å²) in [5.74, 6) is 2.12. The van der Waals surface area contributed by atoms with Crippen molar-refractivity contribution >= 4 is 23.2 Å². The molecule has 2 aromatic heterocycles. The third-order valence-electron chi connectivity index (χ3n) is 7.68. The molecule has 184 valence electrons. The van der Waals surface area contributed by atoms with E-state index in [-0.39, 0.29) is 36.2 Å². The first kappa shape index (κ1) is 24.5. The van der Waals surface area contributed by atoms with E-state index in [0.29, 0.717) is 34.6 Å². The molecule has 3 saturated carbocycles. The molecule has 0 saturated heterocycles. The number of ether oxygens (including phenoxy) is 1. The number of aromatic nitrogens is 3. The molecule has 0 unspecified atom stereocenters. The van der Waals surface area contributed by atoms with Crippen molar-refractivity contribution in [2.45, 2.75) is 72.7 Å². The number of hydrogen-bond acceptors (Lipinski definition) is 6. The van der Waals surface area contributed by atoms with E-state index in [4.69, 9.17) is 16.3 Å². The number of hydrogen-bond donors (Lipinski definition) is 2. The highest BCUT2D eigenvalue weighted by atomic mass is 35.5. The number of halogens is 1. The van der Waals surface area contributed by atoms with E-state index in [1.807, 2.05) is 13.8 Å². The monoisotopic (exact) mass is 487 g/mol. The Morgan fingerprint density at radius 2 is 2.09 bits per heavy atom. The van der Waals surface area contributed by atoms with Gasteiger partial charge in [-0.15, -0.1) is 0 Å². The van der Waals surface area contributed by atoms with Crippen LogP contribution in [0.15, 0.2) is 29.5 Å². The maximum Gasteiger partial charge on any atom is 0.288 e. The number of nitrogens with one attached hydrogen (secondary N) is 2. The van der Waals surface area contributed by atoms with E-state index in [1.54, 1.807) is 24.7 Å². The van der Waals surface area contributed by atoms with Crippen molar-refractivity contribution in [1.29, 1.82) is 0 Å². The Hall–Kier alpha value is -2.61. The van der Waals surface area contributed by atoms with E-state index < -0.39 is 5.56 Å². The summed E-state index contributed by atoms with van der Waals surface area (Å²) in [6, 6.07) is 2.05. The van der Waals surface area contributed by atoms with Crippen LogP contribution in [0.4, 0.5) is 5.69 Å². The summed E-state index contributed by atoms with van der Waals surface area (Å²) < 4.78 is 6.82. The van der Waals surface area contributed by atoms with Crippen LogP contribution in [-0.4, -0.2) is 32.8 Å². The SMILES string of the molecule is CC(C)Oc1cnccc1CNC(=O)Cn1ncc(N[C@@H]2C[C@H]3C[C@H]([C@@H]2C)C3(C)C)c(Cl)c1=O. The zero-order chi connectivity index (χ0) is 24.6. The van der Waals surface area contributed by atoms with Gasteiger partial charge in [0, 0.05) is 24.3 Å². The van der Waals surface area contributed by atoms with Crippen molar-refractivity contribution in [3.63, 3.8) is 0 Å². The van der Waals surface area contributed by atoms with Gasteiger partial charge in [-0.1, -0.05) is 32.4 Å². The predicted octanol–water partition coefficient (Wildman–Crippen LogP) is 3.88. The van der Waals surface area contributed by atoms with Crippen molar-refractivity contribution in [3.05, 3.63) is 45.6 Å². The van der Waals surface area contributed by atoms with Crippen LogP contribution in [0.1, 0.15) is 53.0 Å². The normalized spacial score (nSPS) is 24.9. The number of nitrogens with zero attached hydrogens (tertiary/aromatic N) is 3. The molecule has 2 aromatic rings. The summed E-state index contributed by atoms with van der Waals surface area (Å²) in [5, 5.41) is 10.5. The lowest BCUT2D eigenvalue weighted by molar-refractivity contribution is -0.122. The van der Waals surface area contributed by atoms with Crippen molar-refractivity contribution in [2.24, 2.45) is 23.2 Å². The second-order valence-electron chi connectivity index (χ2n) is 10.5. The molecule has 34 heavy (non-hydrogen) atoms. The Balaban J connectivity index is 1.37. The van der Waals surface area contributed by atoms with E-state index >= 15 is 0 Å². The van der Waals surface area contributed by atoms with Gasteiger partial charge in [0.05, 0.1) is 24.2 Å². The molecule has 0 aliphatic heterocycles. The molecule has 3 fully saturated rings. The Kier molecular flexibility index (Phi) is 6.90. The molecule has 1 amide bonds. The molecule has 4 atom stereocenters. The summed E-state index contributed by atoms with van der Waals surface area (Å²) in [7, 11) is 0. The first-order valence-electron chi connectivity index (χ1n) is 12.0. The Labute approximate surface area is 205 Å². The molecular formula is C25H34ClN5O3. The molecular weight excluding hydrogens is 454 g/mol. The minimum atomic E-state index is -0.483. The van der Waals surface area contributed by atoms with Crippen LogP contribution in [0, 0.1) is 23.2 Å². The molecule has 2 heterocycles. The molecule has 0 aromatic carbocycles. The third kappa shape index (κ3) is 4.78. The second-order valence-corrected chi connectivity index (χ2v) is 10.8. The second kappa shape index (κ2) is 9.56. The highest BCUT2D eigenvalue weighted by molar-refractivity contribution is 6.32. The first-order valence-corrected chi connectivity index (χ1v) is 12.3. The zero-order valence-electron chi connectivity index (χ0n) is 20.5. The van der Waals surface area contributed by atoms with Crippen molar-refractivity contribution in [2.75, 3.05) is 5.32 Å². The van der Waals surface area contributed by atoms with Crippen molar-refractivity contribution in [1.82, 2.24) is 20.1 Å². The smallest absolute Gasteiger partial charge is 0.288 e. The van der Waals surface area contributed by atoms with Gasteiger partial charge in [0.1, 0.15) is 17.3 Å². The molecule has 8 nitrogen and oxygen atoms in total. The molecule has 5 rings (SSSR count). The van der Waals surface area contributed by atoms with Crippen molar-refractivity contribution in [3.8, 4) is 5.75 Å². The fourth-order valence-electron chi connectivity index (χ4n) is 5.52. The molecule has 0 spiro atoms. The summed E-state index contributed by atoms with van der Waals surface area (Å²) in [6.07, 6.45) is 7.14. The minimum absolute atomic E-state index is 0.00966. The van der Waals surface area contributed by atoms with Crippen LogP contribution >= 0.6 is 11.6 Å². The van der Waals surface area contributed by atoms with E-state index in [2.05, 4.69) is 41.5 Å². The zero-order valence-corrected chi connectivity index (χ0v) is 21.2. The van der Waals surface area contributed by atoms with Gasteiger partial charge in [-0.3, -0.25) is 14.6 Å². The number of fused-ring (bicyclic) bond motifs is 2. The quantitative estimate of drug-likeness (QED) is 0.586. The van der Waals surface area contributed by atoms with Crippen LogP contribution in [-0.2, 0) is 17.9 Å². The van der Waals surface area contributed by atoms with Gasteiger partial charge in [0.25, 0.3) is 5.56 Å². The highest BCUT2D eigenvalue weighted by Gasteiger charge is 2.56. The number of carbonyl (C=O) groups is 1. The molecule has 3 aliphatic rings. The van der Waals surface area contributed by atoms with Gasteiger partial charge in [0.15, 0.2) is 0 Å². The molecule has 9 heteroatoms. The van der Waals surface area contributed by atoms with E-state index in [9.17, 15) is 9.59 Å². The number of anilines is 1. The predicted molar refractivity (Wildman–Crippen MR) is 132 cm³/mol. The first-order chi connectivity index (χ1) is 16.1. The van der Waals surface area contributed by atoms with Crippen LogP contribution < -0.4 is 20.9 Å². The number of carbonyl (C=O) groups excluding carboxylic acids is 1. The van der Waals surface area contributed by atoms with Crippen LogP contribution in [0.2, 0.25) is 5.02 Å². The number of amides is 1. The van der Waals surface area contributed by atoms with E-state index in [1.165, 1.54) is 6.42 Å². The van der Waals surface area contributed by atoms with Gasteiger partial charge in [-0.05, 0) is 55.9 Å². The standard InChI is InChI=1S/C25H34ClN5O3/c1-14(2)34-21-12-27-7-6-16(21)10-28-22(32)13-31-24(33)23(26)20(11-29-31)30-19-9-17-8-18(15(19)3)25(17,4)5/h6-7,11-12,14-15,17-19,30H,8-10,13H2,1-5H3,(H,28,32)/t15-,17+,18+,19+/m0/s1. The van der Waals surface area contributed by atoms with Crippen molar-refractivity contribution < 1.29 is 9.53 Å². The lowest BCUT2D eigenvalue weighted by Gasteiger charge is -2.62. The Morgan fingerprint density at radius 3 is 2.76 bits per heavy atom. The fraction of sp³-hybridized carbons (Fsp3) is 0.600. The molecule has 2 N–H and O–H groups in total. The number of rotatable bonds is 8. The lowest BCUT2D eigenvalue weighted by atomic mass is 9.45. The largest absolute Gasteiger partial charge is 0.489 e. The highest BCUT2D eigenvalue weighted by Crippen LogP contribution is 2.61. The topological polar surface area (TPSA) is 98.1 Å². The summed E-state index contributed by atoms with van der Waals surface area (Å²) in [6.45, 7) is 10.9. The van der Waals surface area contributed by atoms with Gasteiger partial charge in [-0.25, -0.2) is 4.68 Å². The molecule has 0 radical (unpaired) electrons.